The van der Waals surface area contributed by atoms with Crippen LogP contribution in [0.5, 0.6) is 11.5 Å². The molecule has 1 atom stereocenters. The van der Waals surface area contributed by atoms with Gasteiger partial charge >= 0.3 is 12.3 Å². The number of hydrogen-bond donors (Lipinski definition) is 0. The molecule has 0 bridgehead atoms. The fourth-order valence-electron chi connectivity index (χ4n) is 4.50. The van der Waals surface area contributed by atoms with Crippen molar-refractivity contribution in [2.45, 2.75) is 45.1 Å². The second-order valence-electron chi connectivity index (χ2n) is 9.78. The highest BCUT2D eigenvalue weighted by Gasteiger charge is 2.39. The maximum atomic E-state index is 15.7. The number of nitrogens with zero attached hydrogens (tertiary/aromatic N) is 2. The summed E-state index contributed by atoms with van der Waals surface area (Å²) in [6, 6.07) is 3.72. The van der Waals surface area contributed by atoms with Crippen LogP contribution in [0.2, 0.25) is 0 Å². The van der Waals surface area contributed by atoms with Gasteiger partial charge in [-0.3, -0.25) is 4.90 Å². The summed E-state index contributed by atoms with van der Waals surface area (Å²) >= 11 is 0. The second-order valence-corrected chi connectivity index (χ2v) is 9.78. The Morgan fingerprint density at radius 3 is 2.47 bits per heavy atom. The molecule has 0 N–H and O–H groups in total. The van der Waals surface area contributed by atoms with E-state index in [0.717, 1.165) is 25.3 Å². The van der Waals surface area contributed by atoms with Crippen molar-refractivity contribution in [2.75, 3.05) is 33.4 Å². The number of piperazine rings is 1. The molecule has 0 saturated carbocycles. The predicted octanol–water partition coefficient (Wildman–Crippen LogP) is 5.47. The van der Waals surface area contributed by atoms with E-state index in [1.165, 1.54) is 11.0 Å². The van der Waals surface area contributed by atoms with E-state index in [0.29, 0.717) is 13.1 Å². The monoisotopic (exact) mass is 514 g/mol. The highest BCUT2D eigenvalue weighted by atomic mass is 19.4. The molecular weight excluding hydrogens is 487 g/mol. The van der Waals surface area contributed by atoms with E-state index in [2.05, 4.69) is 0 Å². The van der Waals surface area contributed by atoms with Crippen LogP contribution >= 0.6 is 0 Å². The summed E-state index contributed by atoms with van der Waals surface area (Å²) in [7, 11) is 1.13. The van der Waals surface area contributed by atoms with Crippen LogP contribution in [0.4, 0.5) is 26.7 Å². The van der Waals surface area contributed by atoms with Crippen molar-refractivity contribution in [3.8, 4) is 22.6 Å². The van der Waals surface area contributed by atoms with Gasteiger partial charge < -0.3 is 19.1 Å². The largest absolute Gasteiger partial charge is 0.496 e. The van der Waals surface area contributed by atoms with Crippen molar-refractivity contribution in [1.29, 1.82) is 0 Å². The van der Waals surface area contributed by atoms with Crippen LogP contribution in [0.25, 0.3) is 11.1 Å². The van der Waals surface area contributed by atoms with Crippen molar-refractivity contribution in [1.82, 2.24) is 9.80 Å². The molecule has 0 spiro atoms. The van der Waals surface area contributed by atoms with Gasteiger partial charge in [0.25, 0.3) is 0 Å². The summed E-state index contributed by atoms with van der Waals surface area (Å²) in [5.74, 6) is -3.02. The number of methoxy groups -OCH3 is 1. The standard InChI is InChI=1S/C25H27F5N2O4/c1-24(2,3)36-23(33)32-9-8-31-11-14-10-17(26)20(21(27)22(14)35-13-15(31)12-32)19-16(25(28,29)30)6-5-7-18(19)34-4/h5-7,10,15H,8-9,11-13H2,1-4H3/t15-/m1/s1. The lowest BCUT2D eigenvalue weighted by molar-refractivity contribution is -0.137. The number of hydrogen-bond acceptors (Lipinski definition) is 5. The Bertz CT molecular complexity index is 1160. The van der Waals surface area contributed by atoms with Crippen LogP contribution in [0.3, 0.4) is 0 Å². The van der Waals surface area contributed by atoms with Gasteiger partial charge in [-0.15, -0.1) is 0 Å². The number of alkyl halides is 3. The Balaban J connectivity index is 1.69. The molecular formula is C25H27F5N2O4. The average molecular weight is 514 g/mol. The minimum absolute atomic E-state index is 0.0493. The second kappa shape index (κ2) is 9.42. The molecule has 6 nitrogen and oxygen atoms in total. The molecule has 2 aromatic carbocycles. The summed E-state index contributed by atoms with van der Waals surface area (Å²) in [5, 5.41) is 0. The Kier molecular flexibility index (Phi) is 6.80. The molecule has 1 fully saturated rings. The third kappa shape index (κ3) is 5.07. The number of carbonyl (C=O) groups excluding carboxylic acids is 1. The average Bonchev–Trinajstić information content (AvgIpc) is 2.96. The highest BCUT2D eigenvalue weighted by Crippen LogP contribution is 2.46. The van der Waals surface area contributed by atoms with Crippen molar-refractivity contribution >= 4 is 6.09 Å². The number of halogens is 5. The van der Waals surface area contributed by atoms with E-state index in [-0.39, 0.29) is 42.8 Å². The molecule has 2 heterocycles. The van der Waals surface area contributed by atoms with Crippen molar-refractivity contribution < 1.29 is 41.0 Å². The lowest BCUT2D eigenvalue weighted by atomic mass is 9.95. The van der Waals surface area contributed by atoms with Gasteiger partial charge in [-0.05, 0) is 39.0 Å². The summed E-state index contributed by atoms with van der Waals surface area (Å²) in [6.07, 6.45) is -5.36. The van der Waals surface area contributed by atoms with Crippen molar-refractivity contribution in [2.24, 2.45) is 0 Å². The van der Waals surface area contributed by atoms with Gasteiger partial charge in [0.2, 0.25) is 0 Å². The first-order valence-corrected chi connectivity index (χ1v) is 11.4. The highest BCUT2D eigenvalue weighted by molar-refractivity contribution is 5.77. The third-order valence-corrected chi connectivity index (χ3v) is 6.10. The van der Waals surface area contributed by atoms with Gasteiger partial charge in [0.1, 0.15) is 23.8 Å². The van der Waals surface area contributed by atoms with Crippen LogP contribution < -0.4 is 9.47 Å². The number of ether oxygens (including phenoxy) is 3. The third-order valence-electron chi connectivity index (χ3n) is 6.10. The maximum absolute atomic E-state index is 15.7. The van der Waals surface area contributed by atoms with Crippen LogP contribution in [0.15, 0.2) is 24.3 Å². The van der Waals surface area contributed by atoms with E-state index in [9.17, 15) is 18.0 Å². The number of carbonyl (C=O) groups is 1. The first kappa shape index (κ1) is 26.0. The molecule has 36 heavy (non-hydrogen) atoms. The minimum Gasteiger partial charge on any atom is -0.496 e. The summed E-state index contributed by atoms with van der Waals surface area (Å²) < 4.78 is 88.4. The van der Waals surface area contributed by atoms with Crippen molar-refractivity contribution in [3.05, 3.63) is 47.0 Å². The maximum Gasteiger partial charge on any atom is 0.417 e. The van der Waals surface area contributed by atoms with E-state index >= 15 is 8.78 Å². The Hall–Kier alpha value is -3.08. The van der Waals surface area contributed by atoms with Gasteiger partial charge in [0, 0.05) is 37.3 Å². The molecule has 2 aliphatic heterocycles. The zero-order valence-electron chi connectivity index (χ0n) is 20.3. The Labute approximate surface area is 205 Å². The molecule has 1 saturated heterocycles. The molecule has 1 amide bonds. The fraction of sp³-hybridized carbons (Fsp3) is 0.480. The SMILES string of the molecule is COc1cccc(C(F)(F)F)c1-c1c(F)cc2c(c1F)OC[C@H]1CN(C(=O)OC(C)(C)C)CCN1C2. The van der Waals surface area contributed by atoms with Gasteiger partial charge in [-0.25, -0.2) is 13.6 Å². The zero-order chi connectivity index (χ0) is 26.4. The molecule has 2 aromatic rings. The van der Waals surface area contributed by atoms with Crippen LogP contribution in [0, 0.1) is 11.6 Å². The predicted molar refractivity (Wildman–Crippen MR) is 121 cm³/mol. The number of rotatable bonds is 2. The van der Waals surface area contributed by atoms with E-state index in [4.69, 9.17) is 14.2 Å². The Morgan fingerprint density at radius 2 is 1.83 bits per heavy atom. The molecule has 11 heteroatoms. The number of benzene rings is 2. The molecule has 0 aliphatic carbocycles. The quantitative estimate of drug-likeness (QED) is 0.498. The van der Waals surface area contributed by atoms with E-state index in [1.54, 1.807) is 20.8 Å². The first-order chi connectivity index (χ1) is 16.8. The molecule has 0 unspecified atom stereocenters. The smallest absolute Gasteiger partial charge is 0.417 e. The molecule has 0 radical (unpaired) electrons. The topological polar surface area (TPSA) is 51.2 Å². The minimum atomic E-state index is -4.87. The summed E-state index contributed by atoms with van der Waals surface area (Å²) in [5.41, 5.74) is -3.32. The normalized spacial score (nSPS) is 18.6. The van der Waals surface area contributed by atoms with Gasteiger partial charge in [-0.1, -0.05) is 6.07 Å². The summed E-state index contributed by atoms with van der Waals surface area (Å²) in [6.45, 7) is 6.32. The van der Waals surface area contributed by atoms with Crippen LogP contribution in [0.1, 0.15) is 31.9 Å². The van der Waals surface area contributed by atoms with Crippen LogP contribution in [-0.2, 0) is 17.5 Å². The van der Waals surface area contributed by atoms with E-state index < -0.39 is 46.2 Å². The Morgan fingerprint density at radius 1 is 1.11 bits per heavy atom. The molecule has 4 rings (SSSR count). The van der Waals surface area contributed by atoms with E-state index in [1.807, 2.05) is 4.90 Å². The fourth-order valence-corrected chi connectivity index (χ4v) is 4.50. The lowest BCUT2D eigenvalue weighted by Crippen LogP contribution is -2.56. The number of fused-ring (bicyclic) bond motifs is 2. The lowest BCUT2D eigenvalue weighted by Gasteiger charge is -2.40. The van der Waals surface area contributed by atoms with Crippen molar-refractivity contribution in [3.63, 3.8) is 0 Å². The zero-order valence-corrected chi connectivity index (χ0v) is 20.3. The van der Waals surface area contributed by atoms with Gasteiger partial charge in [0.05, 0.1) is 24.3 Å². The molecule has 0 aromatic heterocycles. The summed E-state index contributed by atoms with van der Waals surface area (Å²) in [4.78, 5) is 15.9. The first-order valence-electron chi connectivity index (χ1n) is 11.4. The van der Waals surface area contributed by atoms with Gasteiger partial charge in [0.15, 0.2) is 11.6 Å². The molecule has 196 valence electrons. The van der Waals surface area contributed by atoms with Gasteiger partial charge in [-0.2, -0.15) is 13.2 Å². The number of amides is 1. The molecule has 2 aliphatic rings. The van der Waals surface area contributed by atoms with Crippen LogP contribution in [-0.4, -0.2) is 60.9 Å².